The van der Waals surface area contributed by atoms with E-state index in [0.717, 1.165) is 11.1 Å². The van der Waals surface area contributed by atoms with Gasteiger partial charge in [0.15, 0.2) is 10.7 Å². The van der Waals surface area contributed by atoms with Crippen LogP contribution in [0.25, 0.3) is 22.8 Å². The Morgan fingerprint density at radius 2 is 1.71 bits per heavy atom. The minimum absolute atomic E-state index is 0.0215. The first-order chi connectivity index (χ1) is 23.4. The first-order valence-corrected chi connectivity index (χ1v) is 17.9. The van der Waals surface area contributed by atoms with E-state index in [9.17, 15) is 26.8 Å². The molecule has 49 heavy (non-hydrogen) atoms. The van der Waals surface area contributed by atoms with Gasteiger partial charge in [-0.2, -0.15) is 11.8 Å². The van der Waals surface area contributed by atoms with Gasteiger partial charge in [0.25, 0.3) is 21.8 Å². The predicted octanol–water partition coefficient (Wildman–Crippen LogP) is 6.03. The van der Waals surface area contributed by atoms with Crippen molar-refractivity contribution in [3.8, 4) is 11.1 Å². The number of sulfonamides is 1. The Labute approximate surface area is 286 Å². The summed E-state index contributed by atoms with van der Waals surface area (Å²) in [6, 6.07) is 15.6. The highest BCUT2D eigenvalue weighted by Gasteiger charge is 2.30. The molecule has 0 fully saturated rings. The molecule has 2 heterocycles. The second-order valence-electron chi connectivity index (χ2n) is 11.2. The van der Waals surface area contributed by atoms with E-state index in [4.69, 9.17) is 4.52 Å². The van der Waals surface area contributed by atoms with Gasteiger partial charge in [-0.1, -0.05) is 35.5 Å². The average molecular weight is 706 g/mol. The van der Waals surface area contributed by atoms with Crippen LogP contribution >= 0.6 is 11.8 Å². The van der Waals surface area contributed by atoms with Gasteiger partial charge in [-0.25, -0.2) is 26.9 Å². The Morgan fingerprint density at radius 3 is 2.33 bits per heavy atom. The van der Waals surface area contributed by atoms with E-state index in [1.165, 1.54) is 62.0 Å². The molecule has 0 spiro atoms. The summed E-state index contributed by atoms with van der Waals surface area (Å²) in [6.07, 6.45) is 8.98. The summed E-state index contributed by atoms with van der Waals surface area (Å²) in [5.74, 6) is -1.92. The summed E-state index contributed by atoms with van der Waals surface area (Å²) in [6.45, 7) is 3.28. The molecule has 254 valence electrons. The lowest BCUT2D eigenvalue weighted by atomic mass is 9.94. The maximum Gasteiger partial charge on any atom is 0.269 e. The van der Waals surface area contributed by atoms with Crippen molar-refractivity contribution >= 4 is 45.2 Å². The molecule has 0 saturated heterocycles. The maximum absolute atomic E-state index is 13.9. The topological polar surface area (TPSA) is 136 Å². The maximum atomic E-state index is 13.9. The molecule has 0 bridgehead atoms. The molecule has 0 aliphatic carbocycles. The average Bonchev–Trinajstić information content (AvgIpc) is 3.71. The molecule has 0 aliphatic heterocycles. The van der Waals surface area contributed by atoms with E-state index in [0.29, 0.717) is 29.0 Å². The van der Waals surface area contributed by atoms with E-state index in [2.05, 4.69) is 20.2 Å². The van der Waals surface area contributed by atoms with Crippen LogP contribution in [-0.4, -0.2) is 53.0 Å². The molecule has 1 atom stereocenters. The number of hydrogen-bond acceptors (Lipinski definition) is 8. The number of aryl methyl sites for hydroxylation is 2. The van der Waals surface area contributed by atoms with Gasteiger partial charge in [-0.3, -0.25) is 9.59 Å². The minimum Gasteiger partial charge on any atom is -0.360 e. The molecule has 5 aromatic rings. The molecular weight excluding hydrogens is 673 g/mol. The fraction of sp³-hybridized carbons (Fsp3) is 0.200. The molecule has 0 aliphatic rings. The van der Waals surface area contributed by atoms with Crippen molar-refractivity contribution in [2.45, 2.75) is 37.8 Å². The van der Waals surface area contributed by atoms with Gasteiger partial charge in [0.1, 0.15) is 23.4 Å². The molecule has 3 aromatic carbocycles. The Balaban J connectivity index is 1.50. The van der Waals surface area contributed by atoms with E-state index >= 15 is 0 Å². The zero-order chi connectivity index (χ0) is 35.1. The van der Waals surface area contributed by atoms with E-state index < -0.39 is 33.7 Å². The third kappa shape index (κ3) is 8.69. The fourth-order valence-electron chi connectivity index (χ4n) is 5.23. The third-order valence-corrected chi connectivity index (χ3v) is 9.85. The van der Waals surface area contributed by atoms with Gasteiger partial charge < -0.3 is 14.4 Å². The molecule has 0 radical (unpaired) electrons. The van der Waals surface area contributed by atoms with E-state index in [-0.39, 0.29) is 34.2 Å². The highest BCUT2D eigenvalue weighted by atomic mass is 32.2. The van der Waals surface area contributed by atoms with Crippen molar-refractivity contribution < 1.29 is 31.3 Å². The zero-order valence-electron chi connectivity index (χ0n) is 26.8. The van der Waals surface area contributed by atoms with Crippen molar-refractivity contribution in [1.29, 1.82) is 0 Å². The molecule has 2 amide bonds. The summed E-state index contributed by atoms with van der Waals surface area (Å²) in [7, 11) is -4.35. The van der Waals surface area contributed by atoms with Gasteiger partial charge in [-0.15, -0.1) is 0 Å². The number of nitrogens with one attached hydrogen (secondary N) is 2. The van der Waals surface area contributed by atoms with Crippen molar-refractivity contribution in [2.24, 2.45) is 0 Å². The number of imidazole rings is 1. The molecule has 0 unspecified atom stereocenters. The first-order valence-electron chi connectivity index (χ1n) is 15.1. The number of rotatable bonds is 13. The van der Waals surface area contributed by atoms with Crippen LogP contribution in [-0.2, 0) is 21.4 Å². The second kappa shape index (κ2) is 15.4. The Morgan fingerprint density at radius 1 is 1.02 bits per heavy atom. The number of benzene rings is 3. The number of allylic oxidation sites excluding steroid dienone is 1. The van der Waals surface area contributed by atoms with Crippen LogP contribution in [0, 0.1) is 25.5 Å². The van der Waals surface area contributed by atoms with Crippen LogP contribution in [0.15, 0.2) is 94.9 Å². The summed E-state index contributed by atoms with van der Waals surface area (Å²) in [4.78, 5) is 31.1. The lowest BCUT2D eigenvalue weighted by Crippen LogP contribution is -2.48. The van der Waals surface area contributed by atoms with Gasteiger partial charge in [0.2, 0.25) is 0 Å². The van der Waals surface area contributed by atoms with Gasteiger partial charge in [0, 0.05) is 24.5 Å². The van der Waals surface area contributed by atoms with Crippen molar-refractivity contribution in [2.75, 3.05) is 12.0 Å². The standard InChI is InChI=1S/C35H33F2N5O5S2/c1-22-33(23(2)47-40-22)49(45,46)41-35(44)32(14-17-48-3)39-34(43)30-13-4-24(19-31(30)26-7-11-29(37)12-8-26)18-27(20-42-16-15-38-21-42)25-5-9-28(36)10-6-25/h4-13,15-16,18-19,21,32H,14,17,20H2,1-3H3,(H,39,43)(H,41,44)/b27-18+/t32-/m0/s1. The number of amides is 2. The van der Waals surface area contributed by atoms with Crippen molar-refractivity contribution in [3.63, 3.8) is 0 Å². The van der Waals surface area contributed by atoms with Crippen LogP contribution in [0.5, 0.6) is 0 Å². The monoisotopic (exact) mass is 705 g/mol. The largest absolute Gasteiger partial charge is 0.360 e. The molecule has 5 rings (SSSR count). The Hall–Kier alpha value is -5.08. The summed E-state index contributed by atoms with van der Waals surface area (Å²) >= 11 is 1.43. The second-order valence-corrected chi connectivity index (χ2v) is 13.8. The highest BCUT2D eigenvalue weighted by molar-refractivity contribution is 7.98. The van der Waals surface area contributed by atoms with Gasteiger partial charge >= 0.3 is 0 Å². The summed E-state index contributed by atoms with van der Waals surface area (Å²) in [5, 5.41) is 6.36. The Bertz CT molecular complexity index is 2060. The molecule has 2 N–H and O–H groups in total. The Kier molecular flexibility index (Phi) is 11.1. The van der Waals surface area contributed by atoms with Gasteiger partial charge in [-0.05, 0) is 103 Å². The highest BCUT2D eigenvalue weighted by Crippen LogP contribution is 2.29. The number of thioether (sulfide) groups is 1. The van der Waals surface area contributed by atoms with Crippen LogP contribution < -0.4 is 10.0 Å². The number of hydrogen-bond donors (Lipinski definition) is 2. The number of nitrogens with zero attached hydrogens (tertiary/aromatic N) is 3. The minimum atomic E-state index is -4.35. The number of carbonyl (C=O) groups excluding carboxylic acids is 2. The molecular formula is C35H33F2N5O5S2. The van der Waals surface area contributed by atoms with Crippen LogP contribution in [0.2, 0.25) is 0 Å². The van der Waals surface area contributed by atoms with Crippen LogP contribution in [0.4, 0.5) is 8.78 Å². The summed E-state index contributed by atoms with van der Waals surface area (Å²) in [5.41, 5.74) is 3.54. The first kappa shape index (κ1) is 35.2. The van der Waals surface area contributed by atoms with Crippen LogP contribution in [0.3, 0.4) is 0 Å². The predicted molar refractivity (Wildman–Crippen MR) is 184 cm³/mol. The third-order valence-electron chi connectivity index (χ3n) is 7.62. The SMILES string of the molecule is CSCC[C@H](NC(=O)c1ccc(/C=C(\Cn2ccnc2)c2ccc(F)cc2)cc1-c1ccc(F)cc1)C(=O)NS(=O)(=O)c1c(C)noc1C. The van der Waals surface area contributed by atoms with Gasteiger partial charge in [0.05, 0.1) is 6.33 Å². The van der Waals surface area contributed by atoms with E-state index in [1.54, 1.807) is 49.1 Å². The number of carbonyl (C=O) groups is 2. The van der Waals surface area contributed by atoms with Crippen molar-refractivity contribution in [3.05, 3.63) is 125 Å². The fourth-order valence-corrected chi connectivity index (χ4v) is 7.06. The number of aromatic nitrogens is 3. The normalized spacial score (nSPS) is 12.5. The summed E-state index contributed by atoms with van der Waals surface area (Å²) < 4.78 is 62.8. The molecule has 2 aromatic heterocycles. The smallest absolute Gasteiger partial charge is 0.269 e. The lowest BCUT2D eigenvalue weighted by Gasteiger charge is -2.20. The quantitative estimate of drug-likeness (QED) is 0.142. The lowest BCUT2D eigenvalue weighted by molar-refractivity contribution is -0.121. The molecule has 10 nitrogen and oxygen atoms in total. The molecule has 0 saturated carbocycles. The number of halogens is 2. The van der Waals surface area contributed by atoms with Crippen molar-refractivity contribution in [1.82, 2.24) is 24.7 Å². The molecule has 14 heteroatoms. The zero-order valence-corrected chi connectivity index (χ0v) is 28.4. The van der Waals surface area contributed by atoms with E-state index in [1.807, 2.05) is 16.9 Å². The van der Waals surface area contributed by atoms with Crippen LogP contribution in [0.1, 0.15) is 39.4 Å².